The fraction of sp³-hybridized carbons (Fsp3) is 0.571. The van der Waals surface area contributed by atoms with E-state index < -0.39 is 0 Å². The highest BCUT2D eigenvalue weighted by molar-refractivity contribution is 5.14. The minimum Gasteiger partial charge on any atom is -0.375 e. The van der Waals surface area contributed by atoms with Crippen LogP contribution in [-0.4, -0.2) is 30.2 Å². The SMILES string of the molecule is CCC1CN(Cc2ccccc2)C(C)CO1. The molecule has 0 saturated carbocycles. The highest BCUT2D eigenvalue weighted by atomic mass is 16.5. The van der Waals surface area contributed by atoms with Gasteiger partial charge in [0.2, 0.25) is 0 Å². The van der Waals surface area contributed by atoms with Crippen molar-refractivity contribution in [2.45, 2.75) is 39.0 Å². The molecule has 88 valence electrons. The number of hydrogen-bond acceptors (Lipinski definition) is 2. The van der Waals surface area contributed by atoms with Gasteiger partial charge in [-0.3, -0.25) is 4.90 Å². The molecule has 0 aromatic heterocycles. The molecule has 2 unspecified atom stereocenters. The molecule has 0 spiro atoms. The highest BCUT2D eigenvalue weighted by Gasteiger charge is 2.24. The summed E-state index contributed by atoms with van der Waals surface area (Å²) in [5, 5.41) is 0. The third-order valence-electron chi connectivity index (χ3n) is 3.32. The van der Waals surface area contributed by atoms with Gasteiger partial charge in [-0.25, -0.2) is 0 Å². The zero-order valence-corrected chi connectivity index (χ0v) is 10.2. The van der Waals surface area contributed by atoms with Gasteiger partial charge < -0.3 is 4.74 Å². The van der Waals surface area contributed by atoms with E-state index in [9.17, 15) is 0 Å². The van der Waals surface area contributed by atoms with Gasteiger partial charge >= 0.3 is 0 Å². The van der Waals surface area contributed by atoms with Gasteiger partial charge in [0.1, 0.15) is 0 Å². The molecule has 0 bridgehead atoms. The monoisotopic (exact) mass is 219 g/mol. The summed E-state index contributed by atoms with van der Waals surface area (Å²) in [6, 6.07) is 11.2. The number of morpholine rings is 1. The van der Waals surface area contributed by atoms with Crippen molar-refractivity contribution in [3.8, 4) is 0 Å². The second-order valence-electron chi connectivity index (χ2n) is 4.63. The molecule has 2 heteroatoms. The lowest BCUT2D eigenvalue weighted by Crippen LogP contribution is -2.47. The maximum absolute atomic E-state index is 5.77. The summed E-state index contributed by atoms with van der Waals surface area (Å²) in [5.41, 5.74) is 1.39. The van der Waals surface area contributed by atoms with Crippen LogP contribution >= 0.6 is 0 Å². The summed E-state index contributed by atoms with van der Waals surface area (Å²) in [7, 11) is 0. The van der Waals surface area contributed by atoms with E-state index >= 15 is 0 Å². The normalized spacial score (nSPS) is 26.9. The number of ether oxygens (including phenoxy) is 1. The lowest BCUT2D eigenvalue weighted by molar-refractivity contribution is -0.0623. The molecule has 0 N–H and O–H groups in total. The quantitative estimate of drug-likeness (QED) is 0.775. The van der Waals surface area contributed by atoms with E-state index in [0.717, 1.165) is 26.1 Å². The van der Waals surface area contributed by atoms with E-state index in [-0.39, 0.29) is 0 Å². The molecule has 2 nitrogen and oxygen atoms in total. The van der Waals surface area contributed by atoms with Crippen molar-refractivity contribution in [3.63, 3.8) is 0 Å². The summed E-state index contributed by atoms with van der Waals surface area (Å²) >= 11 is 0. The van der Waals surface area contributed by atoms with Gasteiger partial charge in [0.15, 0.2) is 0 Å². The molecule has 1 heterocycles. The zero-order valence-electron chi connectivity index (χ0n) is 10.2. The van der Waals surface area contributed by atoms with Crippen LogP contribution in [0.2, 0.25) is 0 Å². The Kier molecular flexibility index (Phi) is 3.97. The Morgan fingerprint density at radius 1 is 1.31 bits per heavy atom. The Morgan fingerprint density at radius 2 is 2.06 bits per heavy atom. The minimum absolute atomic E-state index is 0.417. The second kappa shape index (κ2) is 5.46. The maximum atomic E-state index is 5.77. The molecule has 0 amide bonds. The van der Waals surface area contributed by atoms with Gasteiger partial charge in [-0.2, -0.15) is 0 Å². The molecule has 1 aliphatic heterocycles. The molecular weight excluding hydrogens is 198 g/mol. The molecule has 0 aliphatic carbocycles. The van der Waals surface area contributed by atoms with Crippen molar-refractivity contribution in [2.75, 3.05) is 13.2 Å². The Balaban J connectivity index is 1.97. The first-order valence-electron chi connectivity index (χ1n) is 6.19. The predicted molar refractivity (Wildman–Crippen MR) is 66.3 cm³/mol. The maximum Gasteiger partial charge on any atom is 0.0700 e. The number of benzene rings is 1. The van der Waals surface area contributed by atoms with E-state index in [0.29, 0.717) is 12.1 Å². The molecule has 1 aliphatic rings. The van der Waals surface area contributed by atoms with Gasteiger partial charge in [0.25, 0.3) is 0 Å². The summed E-state index contributed by atoms with van der Waals surface area (Å²) in [6.07, 6.45) is 1.53. The molecule has 2 rings (SSSR count). The molecule has 1 aromatic carbocycles. The fourth-order valence-electron chi connectivity index (χ4n) is 2.16. The molecule has 0 radical (unpaired) electrons. The van der Waals surface area contributed by atoms with Crippen molar-refractivity contribution >= 4 is 0 Å². The fourth-order valence-corrected chi connectivity index (χ4v) is 2.16. The number of hydrogen-bond donors (Lipinski definition) is 0. The Bertz CT molecular complexity index is 312. The first kappa shape index (κ1) is 11.6. The summed E-state index contributed by atoms with van der Waals surface area (Å²) < 4.78 is 5.77. The van der Waals surface area contributed by atoms with Gasteiger partial charge in [-0.05, 0) is 18.9 Å². The van der Waals surface area contributed by atoms with E-state index in [1.807, 2.05) is 0 Å². The highest BCUT2D eigenvalue weighted by Crippen LogP contribution is 2.16. The third-order valence-corrected chi connectivity index (χ3v) is 3.32. The van der Waals surface area contributed by atoms with Gasteiger partial charge in [-0.1, -0.05) is 37.3 Å². The topological polar surface area (TPSA) is 12.5 Å². The largest absolute Gasteiger partial charge is 0.375 e. The number of nitrogens with zero attached hydrogens (tertiary/aromatic N) is 1. The van der Waals surface area contributed by atoms with Crippen LogP contribution in [-0.2, 0) is 11.3 Å². The van der Waals surface area contributed by atoms with E-state index in [2.05, 4.69) is 49.1 Å². The molecule has 2 atom stereocenters. The van der Waals surface area contributed by atoms with Crippen molar-refractivity contribution in [1.29, 1.82) is 0 Å². The van der Waals surface area contributed by atoms with E-state index in [1.54, 1.807) is 0 Å². The summed E-state index contributed by atoms with van der Waals surface area (Å²) in [6.45, 7) is 7.41. The Morgan fingerprint density at radius 3 is 2.75 bits per heavy atom. The van der Waals surface area contributed by atoms with Crippen LogP contribution in [0.15, 0.2) is 30.3 Å². The summed E-state index contributed by atoms with van der Waals surface area (Å²) in [5.74, 6) is 0. The van der Waals surface area contributed by atoms with Crippen LogP contribution in [0.25, 0.3) is 0 Å². The van der Waals surface area contributed by atoms with E-state index in [1.165, 1.54) is 5.56 Å². The molecule has 16 heavy (non-hydrogen) atoms. The minimum atomic E-state index is 0.417. The lowest BCUT2D eigenvalue weighted by atomic mass is 10.1. The van der Waals surface area contributed by atoms with Crippen LogP contribution < -0.4 is 0 Å². The van der Waals surface area contributed by atoms with Gasteiger partial charge in [0.05, 0.1) is 12.7 Å². The predicted octanol–water partition coefficient (Wildman–Crippen LogP) is 2.69. The van der Waals surface area contributed by atoms with Crippen LogP contribution in [0.4, 0.5) is 0 Å². The van der Waals surface area contributed by atoms with Gasteiger partial charge in [-0.15, -0.1) is 0 Å². The lowest BCUT2D eigenvalue weighted by Gasteiger charge is -2.37. The molecule has 1 fully saturated rings. The third kappa shape index (κ3) is 2.83. The van der Waals surface area contributed by atoms with E-state index in [4.69, 9.17) is 4.74 Å². The summed E-state index contributed by atoms with van der Waals surface area (Å²) in [4.78, 5) is 2.52. The average molecular weight is 219 g/mol. The zero-order chi connectivity index (χ0) is 11.4. The van der Waals surface area contributed by atoms with Crippen molar-refractivity contribution < 1.29 is 4.74 Å². The molecule has 1 saturated heterocycles. The standard InChI is InChI=1S/C14H21NO/c1-3-14-10-15(12(2)11-16-14)9-13-7-5-4-6-8-13/h4-8,12,14H,3,9-11H2,1-2H3. The molecular formula is C14H21NO. The first-order chi connectivity index (χ1) is 7.79. The Labute approximate surface area is 98.2 Å². The van der Waals surface area contributed by atoms with Crippen LogP contribution in [0.5, 0.6) is 0 Å². The van der Waals surface area contributed by atoms with Crippen molar-refractivity contribution in [3.05, 3.63) is 35.9 Å². The van der Waals surface area contributed by atoms with Crippen molar-refractivity contribution in [1.82, 2.24) is 4.90 Å². The van der Waals surface area contributed by atoms with Gasteiger partial charge in [0, 0.05) is 19.1 Å². The molecule has 1 aromatic rings. The first-order valence-corrected chi connectivity index (χ1v) is 6.19. The van der Waals surface area contributed by atoms with Crippen LogP contribution in [0.1, 0.15) is 25.8 Å². The van der Waals surface area contributed by atoms with Crippen LogP contribution in [0, 0.1) is 0 Å². The Hall–Kier alpha value is -0.860. The van der Waals surface area contributed by atoms with Crippen LogP contribution in [0.3, 0.4) is 0 Å². The smallest absolute Gasteiger partial charge is 0.0700 e. The number of rotatable bonds is 3. The average Bonchev–Trinajstić information content (AvgIpc) is 2.33. The van der Waals surface area contributed by atoms with Crippen molar-refractivity contribution in [2.24, 2.45) is 0 Å². The second-order valence-corrected chi connectivity index (χ2v) is 4.63.